The maximum absolute atomic E-state index is 5.64. The Bertz CT molecular complexity index is 435. The van der Waals surface area contributed by atoms with Crippen LogP contribution in [0.15, 0.2) is 22.5 Å². The molecular formula is C17H30IN3OS. The minimum absolute atomic E-state index is 0. The topological polar surface area (TPSA) is 45.7 Å². The van der Waals surface area contributed by atoms with E-state index in [4.69, 9.17) is 4.74 Å². The summed E-state index contributed by atoms with van der Waals surface area (Å²) in [6.07, 6.45) is 3.80. The molecule has 1 atom stereocenters. The lowest BCUT2D eigenvalue weighted by Crippen LogP contribution is -2.39. The molecule has 1 aliphatic rings. The first kappa shape index (κ1) is 20.7. The fourth-order valence-corrected chi connectivity index (χ4v) is 3.07. The number of nitrogens with zero attached hydrogens (tertiary/aromatic N) is 1. The van der Waals surface area contributed by atoms with Gasteiger partial charge in [0, 0.05) is 31.1 Å². The third kappa shape index (κ3) is 9.52. The predicted molar refractivity (Wildman–Crippen MR) is 110 cm³/mol. The molecule has 4 nitrogen and oxygen atoms in total. The Morgan fingerprint density at radius 2 is 2.26 bits per heavy atom. The standard InChI is InChI=1S/C17H29N3OS.HI/c1-3-18-17(19-8-9-21-13-15-6-7-15)20-12-14(2)11-16-5-4-10-22-16;/h4-5,10,14-15H,3,6-9,11-13H2,1-2H3,(H2,18,19,20);1H. The Morgan fingerprint density at radius 3 is 2.91 bits per heavy atom. The largest absolute Gasteiger partial charge is 0.379 e. The molecule has 1 aromatic rings. The number of ether oxygens (including phenoxy) is 1. The van der Waals surface area contributed by atoms with E-state index < -0.39 is 0 Å². The van der Waals surface area contributed by atoms with Crippen molar-refractivity contribution in [2.45, 2.75) is 33.1 Å². The smallest absolute Gasteiger partial charge is 0.191 e. The second kappa shape index (κ2) is 12.1. The molecule has 1 saturated carbocycles. The zero-order chi connectivity index (χ0) is 15.6. The first-order valence-electron chi connectivity index (χ1n) is 8.40. The summed E-state index contributed by atoms with van der Waals surface area (Å²) >= 11 is 1.83. The Labute approximate surface area is 161 Å². The van der Waals surface area contributed by atoms with E-state index in [1.807, 2.05) is 11.3 Å². The zero-order valence-electron chi connectivity index (χ0n) is 14.2. The van der Waals surface area contributed by atoms with Crippen LogP contribution in [0.3, 0.4) is 0 Å². The van der Waals surface area contributed by atoms with Gasteiger partial charge in [0.05, 0.1) is 6.61 Å². The van der Waals surface area contributed by atoms with Crippen molar-refractivity contribution in [3.05, 3.63) is 22.4 Å². The normalized spacial score (nSPS) is 15.8. The van der Waals surface area contributed by atoms with Gasteiger partial charge in [-0.25, -0.2) is 0 Å². The van der Waals surface area contributed by atoms with Crippen molar-refractivity contribution in [1.29, 1.82) is 0 Å². The molecule has 6 heteroatoms. The summed E-state index contributed by atoms with van der Waals surface area (Å²) in [5.41, 5.74) is 0. The molecule has 0 amide bonds. The summed E-state index contributed by atoms with van der Waals surface area (Å²) in [5, 5.41) is 8.78. The average Bonchev–Trinajstić information content (AvgIpc) is 3.19. The van der Waals surface area contributed by atoms with Crippen LogP contribution in [0.1, 0.15) is 31.6 Å². The highest BCUT2D eigenvalue weighted by atomic mass is 127. The van der Waals surface area contributed by atoms with Crippen LogP contribution >= 0.6 is 35.3 Å². The van der Waals surface area contributed by atoms with Gasteiger partial charge in [0.1, 0.15) is 0 Å². The molecular weight excluding hydrogens is 421 g/mol. The van der Waals surface area contributed by atoms with E-state index in [1.165, 1.54) is 17.7 Å². The van der Waals surface area contributed by atoms with E-state index in [2.05, 4.69) is 47.0 Å². The number of guanidine groups is 1. The lowest BCUT2D eigenvalue weighted by Gasteiger charge is -2.13. The molecule has 0 saturated heterocycles. The zero-order valence-corrected chi connectivity index (χ0v) is 17.4. The van der Waals surface area contributed by atoms with Crippen LogP contribution in [0.2, 0.25) is 0 Å². The molecule has 0 bridgehead atoms. The SMILES string of the molecule is CCNC(=NCC(C)Cc1cccs1)NCCOCC1CC1.I. The van der Waals surface area contributed by atoms with Crippen LogP contribution in [-0.2, 0) is 11.2 Å². The van der Waals surface area contributed by atoms with E-state index in [-0.39, 0.29) is 24.0 Å². The number of thiophene rings is 1. The van der Waals surface area contributed by atoms with Gasteiger partial charge >= 0.3 is 0 Å². The average molecular weight is 451 g/mol. The number of aliphatic imine (C=N–C) groups is 1. The van der Waals surface area contributed by atoms with E-state index >= 15 is 0 Å². The van der Waals surface area contributed by atoms with Crippen LogP contribution in [-0.4, -0.2) is 38.8 Å². The highest BCUT2D eigenvalue weighted by molar-refractivity contribution is 14.0. The summed E-state index contributed by atoms with van der Waals surface area (Å²) in [6, 6.07) is 4.31. The fourth-order valence-electron chi connectivity index (χ4n) is 2.20. The van der Waals surface area contributed by atoms with Gasteiger partial charge in [-0.3, -0.25) is 4.99 Å². The Morgan fingerprint density at radius 1 is 1.43 bits per heavy atom. The van der Waals surface area contributed by atoms with E-state index in [0.29, 0.717) is 5.92 Å². The van der Waals surface area contributed by atoms with Crippen LogP contribution in [0.4, 0.5) is 0 Å². The van der Waals surface area contributed by atoms with Crippen molar-refractivity contribution in [1.82, 2.24) is 10.6 Å². The number of rotatable bonds is 10. The molecule has 0 aromatic carbocycles. The maximum atomic E-state index is 5.64. The third-order valence-corrected chi connectivity index (χ3v) is 4.52. The van der Waals surface area contributed by atoms with Crippen LogP contribution in [0.5, 0.6) is 0 Å². The predicted octanol–water partition coefficient (Wildman–Crippen LogP) is 3.53. The molecule has 1 fully saturated rings. The van der Waals surface area contributed by atoms with Crippen LogP contribution in [0, 0.1) is 11.8 Å². The van der Waals surface area contributed by atoms with Crippen molar-refractivity contribution < 1.29 is 4.74 Å². The minimum atomic E-state index is 0. The second-order valence-electron chi connectivity index (χ2n) is 6.05. The highest BCUT2D eigenvalue weighted by Gasteiger charge is 2.20. The molecule has 23 heavy (non-hydrogen) atoms. The summed E-state index contributed by atoms with van der Waals surface area (Å²) < 4.78 is 5.64. The Hall–Kier alpha value is -0.340. The van der Waals surface area contributed by atoms with Crippen molar-refractivity contribution >= 4 is 41.3 Å². The number of halogens is 1. The Balaban J connectivity index is 0.00000264. The quantitative estimate of drug-likeness (QED) is 0.248. The van der Waals surface area contributed by atoms with Gasteiger partial charge in [0.15, 0.2) is 5.96 Å². The highest BCUT2D eigenvalue weighted by Crippen LogP contribution is 2.28. The van der Waals surface area contributed by atoms with Crippen molar-refractivity contribution in [3.8, 4) is 0 Å². The van der Waals surface area contributed by atoms with Gasteiger partial charge in [0.25, 0.3) is 0 Å². The number of hydrogen-bond acceptors (Lipinski definition) is 3. The molecule has 1 aliphatic carbocycles. The van der Waals surface area contributed by atoms with Gasteiger partial charge < -0.3 is 15.4 Å². The van der Waals surface area contributed by atoms with Crippen LogP contribution in [0.25, 0.3) is 0 Å². The van der Waals surface area contributed by atoms with E-state index in [0.717, 1.165) is 51.1 Å². The van der Waals surface area contributed by atoms with Gasteiger partial charge in [-0.2, -0.15) is 0 Å². The molecule has 0 radical (unpaired) electrons. The molecule has 0 spiro atoms. The third-order valence-electron chi connectivity index (χ3n) is 3.62. The van der Waals surface area contributed by atoms with Crippen molar-refractivity contribution in [2.75, 3.05) is 32.8 Å². The lowest BCUT2D eigenvalue weighted by molar-refractivity contribution is 0.129. The Kier molecular flexibility index (Phi) is 10.9. The fraction of sp³-hybridized carbons (Fsp3) is 0.706. The minimum Gasteiger partial charge on any atom is -0.379 e. The van der Waals surface area contributed by atoms with E-state index in [9.17, 15) is 0 Å². The molecule has 1 unspecified atom stereocenters. The number of nitrogens with one attached hydrogen (secondary N) is 2. The second-order valence-corrected chi connectivity index (χ2v) is 7.09. The summed E-state index contributed by atoms with van der Waals surface area (Å²) in [7, 11) is 0. The van der Waals surface area contributed by atoms with Gasteiger partial charge in [-0.15, -0.1) is 35.3 Å². The molecule has 1 aromatic heterocycles. The first-order chi connectivity index (χ1) is 10.8. The molecule has 2 rings (SSSR count). The molecule has 132 valence electrons. The summed E-state index contributed by atoms with van der Waals surface area (Å²) in [6.45, 7) is 8.57. The monoisotopic (exact) mass is 451 g/mol. The van der Waals surface area contributed by atoms with Gasteiger partial charge in [0.2, 0.25) is 0 Å². The van der Waals surface area contributed by atoms with Crippen molar-refractivity contribution in [3.63, 3.8) is 0 Å². The maximum Gasteiger partial charge on any atom is 0.191 e. The first-order valence-corrected chi connectivity index (χ1v) is 9.28. The van der Waals surface area contributed by atoms with Crippen molar-refractivity contribution in [2.24, 2.45) is 16.8 Å². The molecule has 2 N–H and O–H groups in total. The van der Waals surface area contributed by atoms with Gasteiger partial charge in [-0.05, 0) is 49.5 Å². The van der Waals surface area contributed by atoms with Crippen LogP contribution < -0.4 is 10.6 Å². The summed E-state index contributed by atoms with van der Waals surface area (Å²) in [4.78, 5) is 6.12. The molecule has 0 aliphatic heterocycles. The number of hydrogen-bond donors (Lipinski definition) is 2. The van der Waals surface area contributed by atoms with Gasteiger partial charge in [-0.1, -0.05) is 13.0 Å². The summed E-state index contributed by atoms with van der Waals surface area (Å²) in [5.74, 6) is 2.29. The molecule has 1 heterocycles. The van der Waals surface area contributed by atoms with E-state index in [1.54, 1.807) is 0 Å². The lowest BCUT2D eigenvalue weighted by atomic mass is 10.1.